The number of hydrogen-bond acceptors (Lipinski definition) is 4. The fourth-order valence-electron chi connectivity index (χ4n) is 3.28. The molecular weight excluding hydrogens is 299 g/mol. The van der Waals surface area contributed by atoms with E-state index in [9.17, 15) is 18.0 Å². The van der Waals surface area contributed by atoms with Crippen LogP contribution >= 0.6 is 0 Å². The summed E-state index contributed by atoms with van der Waals surface area (Å²) < 4.78 is 51.2. The Hall–Kier alpha value is -2.01. The van der Waals surface area contributed by atoms with Crippen LogP contribution < -0.4 is 9.47 Å². The molecule has 3 rings (SSSR count). The van der Waals surface area contributed by atoms with Gasteiger partial charge in [-0.2, -0.15) is 18.2 Å². The zero-order valence-electron chi connectivity index (χ0n) is 11.7. The van der Waals surface area contributed by atoms with Crippen LogP contribution in [0.3, 0.4) is 0 Å². The van der Waals surface area contributed by atoms with Gasteiger partial charge in [0.25, 0.3) is 0 Å². The van der Waals surface area contributed by atoms with Crippen LogP contribution in [-0.2, 0) is 16.5 Å². The van der Waals surface area contributed by atoms with Crippen LogP contribution in [0, 0.1) is 0 Å². The summed E-state index contributed by atoms with van der Waals surface area (Å²) in [4.78, 5) is 14.6. The number of halogens is 3. The Bertz CT molecular complexity index is 630. The van der Waals surface area contributed by atoms with Crippen molar-refractivity contribution in [2.24, 2.45) is 4.99 Å². The van der Waals surface area contributed by atoms with E-state index < -0.39 is 17.3 Å². The number of alkyl halides is 3. The molecule has 1 heterocycles. The quantitative estimate of drug-likeness (QED) is 0.619. The van der Waals surface area contributed by atoms with Gasteiger partial charge in [0, 0.05) is 5.56 Å². The van der Waals surface area contributed by atoms with Gasteiger partial charge in [-0.1, -0.05) is 12.8 Å². The second-order valence-electron chi connectivity index (χ2n) is 5.45. The van der Waals surface area contributed by atoms with E-state index in [4.69, 9.17) is 9.47 Å². The van der Waals surface area contributed by atoms with E-state index in [0.717, 1.165) is 6.07 Å². The van der Waals surface area contributed by atoms with Crippen LogP contribution in [0.2, 0.25) is 0 Å². The highest BCUT2D eigenvalue weighted by Gasteiger charge is 2.47. The maximum absolute atomic E-state index is 13.4. The van der Waals surface area contributed by atoms with E-state index in [-0.39, 0.29) is 30.3 Å². The third-order valence-corrected chi connectivity index (χ3v) is 4.17. The first-order valence-corrected chi connectivity index (χ1v) is 7.07. The first kappa shape index (κ1) is 14.9. The Kier molecular flexibility index (Phi) is 3.60. The van der Waals surface area contributed by atoms with Crippen LogP contribution in [-0.4, -0.2) is 19.3 Å². The molecule has 7 heteroatoms. The largest absolute Gasteiger partial charge is 0.486 e. The molecule has 0 amide bonds. The van der Waals surface area contributed by atoms with Gasteiger partial charge < -0.3 is 9.47 Å². The highest BCUT2D eigenvalue weighted by Crippen LogP contribution is 2.53. The Balaban J connectivity index is 2.29. The van der Waals surface area contributed by atoms with Gasteiger partial charge in [0.15, 0.2) is 11.5 Å². The third kappa shape index (κ3) is 2.35. The Labute approximate surface area is 124 Å². The number of hydrogen-bond donors (Lipinski definition) is 0. The van der Waals surface area contributed by atoms with Crippen molar-refractivity contribution in [3.63, 3.8) is 0 Å². The predicted octanol–water partition coefficient (Wildman–Crippen LogP) is 3.58. The van der Waals surface area contributed by atoms with E-state index in [0.29, 0.717) is 25.7 Å². The van der Waals surface area contributed by atoms with Gasteiger partial charge in [-0.05, 0) is 25.0 Å². The van der Waals surface area contributed by atoms with Crippen molar-refractivity contribution in [3.8, 4) is 11.5 Å². The van der Waals surface area contributed by atoms with Crippen LogP contribution in [0.15, 0.2) is 17.1 Å². The van der Waals surface area contributed by atoms with E-state index in [1.165, 1.54) is 12.1 Å². The fourth-order valence-corrected chi connectivity index (χ4v) is 3.28. The van der Waals surface area contributed by atoms with Gasteiger partial charge in [-0.3, -0.25) is 0 Å². The van der Waals surface area contributed by atoms with Crippen LogP contribution in [0.4, 0.5) is 13.2 Å². The second kappa shape index (κ2) is 5.32. The maximum Gasteiger partial charge on any atom is 0.416 e. The third-order valence-electron chi connectivity index (χ3n) is 4.17. The first-order valence-electron chi connectivity index (χ1n) is 7.07. The Morgan fingerprint density at radius 1 is 1.14 bits per heavy atom. The van der Waals surface area contributed by atoms with Gasteiger partial charge in [0.2, 0.25) is 6.08 Å². The van der Waals surface area contributed by atoms with E-state index in [2.05, 4.69) is 4.99 Å². The average molecular weight is 313 g/mol. The number of isocyanates is 1. The van der Waals surface area contributed by atoms with Gasteiger partial charge in [-0.25, -0.2) is 4.79 Å². The molecule has 0 saturated heterocycles. The molecule has 1 aliphatic heterocycles. The molecule has 1 fully saturated rings. The molecular formula is C15H14F3NO3. The summed E-state index contributed by atoms with van der Waals surface area (Å²) in [6, 6.07) is 2.23. The molecule has 0 spiro atoms. The molecule has 1 aliphatic carbocycles. The molecule has 0 atom stereocenters. The average Bonchev–Trinajstić information content (AvgIpc) is 2.95. The van der Waals surface area contributed by atoms with E-state index in [1.54, 1.807) is 0 Å². The number of ether oxygens (including phenoxy) is 2. The lowest BCUT2D eigenvalue weighted by atomic mass is 9.84. The SMILES string of the molecule is O=C=NC1(c2c(C(F)(F)F)ccc3c2OCCO3)CCCC1. The van der Waals surface area contributed by atoms with Crippen LogP contribution in [0.1, 0.15) is 36.8 Å². The molecule has 0 unspecified atom stereocenters. The highest BCUT2D eigenvalue weighted by molar-refractivity contribution is 5.57. The van der Waals surface area contributed by atoms with Crippen LogP contribution in [0.25, 0.3) is 0 Å². The fraction of sp³-hybridized carbons (Fsp3) is 0.533. The molecule has 0 aromatic heterocycles. The van der Waals surface area contributed by atoms with Gasteiger partial charge in [0.05, 0.1) is 5.56 Å². The summed E-state index contributed by atoms with van der Waals surface area (Å²) in [6.07, 6.45) is -0.975. The predicted molar refractivity (Wildman–Crippen MR) is 70.7 cm³/mol. The lowest BCUT2D eigenvalue weighted by molar-refractivity contribution is -0.139. The monoisotopic (exact) mass is 313 g/mol. The molecule has 1 aromatic carbocycles. The Morgan fingerprint density at radius 3 is 2.45 bits per heavy atom. The summed E-state index contributed by atoms with van der Waals surface area (Å²) in [5, 5.41) is 0. The minimum Gasteiger partial charge on any atom is -0.486 e. The topological polar surface area (TPSA) is 47.9 Å². The van der Waals surface area contributed by atoms with Gasteiger partial charge >= 0.3 is 6.18 Å². The lowest BCUT2D eigenvalue weighted by Crippen LogP contribution is -2.28. The first-order chi connectivity index (χ1) is 10.5. The number of carbonyl (C=O) groups excluding carboxylic acids is 1. The van der Waals surface area contributed by atoms with E-state index >= 15 is 0 Å². The molecule has 0 radical (unpaired) electrons. The summed E-state index contributed by atoms with van der Waals surface area (Å²) in [7, 11) is 0. The summed E-state index contributed by atoms with van der Waals surface area (Å²) in [5.41, 5.74) is -2.13. The molecule has 0 bridgehead atoms. The smallest absolute Gasteiger partial charge is 0.416 e. The highest BCUT2D eigenvalue weighted by atomic mass is 19.4. The minimum atomic E-state index is -4.56. The molecule has 2 aliphatic rings. The van der Waals surface area contributed by atoms with Gasteiger partial charge in [0.1, 0.15) is 18.8 Å². The minimum absolute atomic E-state index is 0.0574. The number of fused-ring (bicyclic) bond motifs is 1. The number of benzene rings is 1. The van der Waals surface area contributed by atoms with Crippen molar-refractivity contribution >= 4 is 6.08 Å². The Morgan fingerprint density at radius 2 is 1.82 bits per heavy atom. The van der Waals surface area contributed by atoms with Crippen molar-refractivity contribution in [2.45, 2.75) is 37.4 Å². The molecule has 22 heavy (non-hydrogen) atoms. The van der Waals surface area contributed by atoms with Crippen molar-refractivity contribution < 1.29 is 27.4 Å². The van der Waals surface area contributed by atoms with E-state index in [1.807, 2.05) is 0 Å². The standard InChI is InChI=1S/C15H14F3NO3/c16-15(17,18)10-3-4-11-13(22-8-7-21-11)12(10)14(19-9-20)5-1-2-6-14/h3-4H,1-2,5-8H2. The van der Waals surface area contributed by atoms with Crippen molar-refractivity contribution in [1.29, 1.82) is 0 Å². The second-order valence-corrected chi connectivity index (χ2v) is 5.45. The zero-order chi connectivity index (χ0) is 15.8. The van der Waals surface area contributed by atoms with Crippen LogP contribution in [0.5, 0.6) is 11.5 Å². The molecule has 1 aromatic rings. The molecule has 118 valence electrons. The molecule has 0 N–H and O–H groups in total. The number of nitrogens with zero attached hydrogens (tertiary/aromatic N) is 1. The molecule has 4 nitrogen and oxygen atoms in total. The zero-order valence-corrected chi connectivity index (χ0v) is 11.7. The number of rotatable bonds is 2. The van der Waals surface area contributed by atoms with Gasteiger partial charge in [-0.15, -0.1) is 0 Å². The van der Waals surface area contributed by atoms with Crippen molar-refractivity contribution in [2.75, 3.05) is 13.2 Å². The number of aliphatic imine (C=N–C) groups is 1. The summed E-state index contributed by atoms with van der Waals surface area (Å²) in [6.45, 7) is 0.448. The summed E-state index contributed by atoms with van der Waals surface area (Å²) >= 11 is 0. The molecule has 1 saturated carbocycles. The van der Waals surface area contributed by atoms with Crippen molar-refractivity contribution in [1.82, 2.24) is 0 Å². The lowest BCUT2D eigenvalue weighted by Gasteiger charge is -2.31. The maximum atomic E-state index is 13.4. The summed E-state index contributed by atoms with van der Waals surface area (Å²) in [5.74, 6) is 0.323. The van der Waals surface area contributed by atoms with Crippen molar-refractivity contribution in [3.05, 3.63) is 23.3 Å². The normalized spacial score (nSPS) is 19.6.